The summed E-state index contributed by atoms with van der Waals surface area (Å²) in [6.07, 6.45) is 2.41. The van der Waals surface area contributed by atoms with Gasteiger partial charge in [-0.05, 0) is 87.4 Å². The van der Waals surface area contributed by atoms with Crippen LogP contribution >= 0.6 is 12.2 Å². The third kappa shape index (κ3) is 6.00. The topological polar surface area (TPSA) is 65.1 Å². The Bertz CT molecular complexity index is 1050. The number of carbonyl (C=O) groups is 2. The summed E-state index contributed by atoms with van der Waals surface area (Å²) in [6.45, 7) is 7.84. The molecule has 0 aromatic heterocycles. The number of rotatable bonds is 8. The van der Waals surface area contributed by atoms with Gasteiger partial charge in [-0.25, -0.2) is 0 Å². The molecule has 0 aliphatic carbocycles. The summed E-state index contributed by atoms with van der Waals surface area (Å²) in [6, 6.07) is 14.3. The van der Waals surface area contributed by atoms with Crippen LogP contribution in [-0.4, -0.2) is 66.1 Å². The largest absolute Gasteiger partial charge is 0.497 e. The van der Waals surface area contributed by atoms with Crippen molar-refractivity contribution in [2.75, 3.05) is 43.5 Å². The van der Waals surface area contributed by atoms with Crippen LogP contribution in [-0.2, 0) is 9.59 Å². The lowest BCUT2D eigenvalue weighted by Crippen LogP contribution is -2.44. The second-order valence-corrected chi connectivity index (χ2v) is 9.87. The molecule has 2 heterocycles. The number of hydrogen-bond donors (Lipinski definition) is 1. The number of anilines is 2. The predicted octanol–water partition coefficient (Wildman–Crippen LogP) is 4.07. The highest BCUT2D eigenvalue weighted by Gasteiger charge is 2.44. The molecule has 186 valence electrons. The van der Waals surface area contributed by atoms with Gasteiger partial charge >= 0.3 is 0 Å². The molecule has 2 aromatic rings. The summed E-state index contributed by atoms with van der Waals surface area (Å²) < 4.78 is 5.18. The van der Waals surface area contributed by atoms with Crippen molar-refractivity contribution in [1.29, 1.82) is 0 Å². The quantitative estimate of drug-likeness (QED) is 0.559. The third-order valence-corrected chi connectivity index (χ3v) is 7.31. The Labute approximate surface area is 213 Å². The molecule has 7 nitrogen and oxygen atoms in total. The number of ether oxygens (including phenoxy) is 1. The van der Waals surface area contributed by atoms with Crippen LogP contribution in [0.25, 0.3) is 0 Å². The zero-order valence-electron chi connectivity index (χ0n) is 20.7. The highest BCUT2D eigenvalue weighted by atomic mass is 32.1. The number of nitrogens with zero attached hydrogens (tertiary/aromatic N) is 3. The Morgan fingerprint density at radius 3 is 2.34 bits per heavy atom. The fraction of sp³-hybridized carbons (Fsp3) is 0.444. The lowest BCUT2D eigenvalue weighted by Gasteiger charge is -2.32. The maximum Gasteiger partial charge on any atom is 0.256 e. The summed E-state index contributed by atoms with van der Waals surface area (Å²) in [4.78, 5) is 32.5. The van der Waals surface area contributed by atoms with Crippen molar-refractivity contribution < 1.29 is 14.3 Å². The fourth-order valence-corrected chi connectivity index (χ4v) is 5.03. The van der Waals surface area contributed by atoms with E-state index in [1.165, 1.54) is 12.8 Å². The van der Waals surface area contributed by atoms with Gasteiger partial charge in [-0.2, -0.15) is 0 Å². The molecule has 4 rings (SSSR count). The Kier molecular flexibility index (Phi) is 8.03. The van der Waals surface area contributed by atoms with Crippen LogP contribution in [0.2, 0.25) is 0 Å². The molecule has 0 saturated carbocycles. The number of aryl methyl sites for hydroxylation is 1. The van der Waals surface area contributed by atoms with E-state index in [2.05, 4.69) is 17.1 Å². The fourth-order valence-electron chi connectivity index (χ4n) is 4.62. The van der Waals surface area contributed by atoms with E-state index in [4.69, 9.17) is 17.0 Å². The first-order valence-corrected chi connectivity index (χ1v) is 12.6. The minimum absolute atomic E-state index is 0.0321. The second kappa shape index (κ2) is 11.2. The molecule has 8 heteroatoms. The number of hydrogen-bond acceptors (Lipinski definition) is 5. The molecule has 2 aliphatic rings. The van der Waals surface area contributed by atoms with Crippen LogP contribution < -0.4 is 15.0 Å². The summed E-state index contributed by atoms with van der Waals surface area (Å²) in [5, 5.41) is 3.37. The van der Waals surface area contributed by atoms with Gasteiger partial charge in [0.2, 0.25) is 5.91 Å². The molecule has 2 aromatic carbocycles. The lowest BCUT2D eigenvalue weighted by molar-refractivity contribution is -0.124. The number of amides is 2. The van der Waals surface area contributed by atoms with Gasteiger partial charge < -0.3 is 19.9 Å². The molecule has 1 atom stereocenters. The van der Waals surface area contributed by atoms with Gasteiger partial charge in [0.25, 0.3) is 5.91 Å². The van der Waals surface area contributed by atoms with Gasteiger partial charge in [0.05, 0.1) is 19.2 Å². The summed E-state index contributed by atoms with van der Waals surface area (Å²) in [5.41, 5.74) is 2.51. The molecule has 2 amide bonds. The number of nitrogens with one attached hydrogen (secondary N) is 1. The van der Waals surface area contributed by atoms with E-state index in [1.807, 2.05) is 36.1 Å². The molecule has 1 unspecified atom stereocenters. The smallest absolute Gasteiger partial charge is 0.256 e. The van der Waals surface area contributed by atoms with Crippen LogP contribution in [0.3, 0.4) is 0 Å². The number of piperidine rings is 1. The number of thiocarbonyl (C=S) groups is 1. The van der Waals surface area contributed by atoms with Crippen molar-refractivity contribution in [3.05, 3.63) is 54.1 Å². The molecule has 2 fully saturated rings. The molecule has 35 heavy (non-hydrogen) atoms. The van der Waals surface area contributed by atoms with E-state index >= 15 is 0 Å². The average molecular weight is 495 g/mol. The van der Waals surface area contributed by atoms with Gasteiger partial charge in [0.1, 0.15) is 11.8 Å². The van der Waals surface area contributed by atoms with E-state index in [0.717, 1.165) is 36.8 Å². The van der Waals surface area contributed by atoms with Gasteiger partial charge in [0.15, 0.2) is 5.11 Å². The minimum atomic E-state index is -0.634. The maximum absolute atomic E-state index is 13.6. The van der Waals surface area contributed by atoms with E-state index in [0.29, 0.717) is 23.1 Å². The van der Waals surface area contributed by atoms with Crippen molar-refractivity contribution in [3.63, 3.8) is 0 Å². The molecule has 1 N–H and O–H groups in total. The first-order chi connectivity index (χ1) is 16.9. The Hall–Kier alpha value is -2.97. The standard InChI is InChI=1S/C27H34N4O3S/c1-19-4-8-22(9-5-19)31-26(33)24(18-25(32)28-21-6-10-23(34-3)11-7-21)30(27(31)35)17-16-29-14-12-20(2)13-15-29/h4-11,20,24H,12-18H2,1-3H3,(H,28,32). The second-order valence-electron chi connectivity index (χ2n) is 9.51. The van der Waals surface area contributed by atoms with Gasteiger partial charge in [-0.1, -0.05) is 24.6 Å². The normalized spacial score (nSPS) is 19.3. The zero-order chi connectivity index (χ0) is 24.9. The van der Waals surface area contributed by atoms with E-state index in [-0.39, 0.29) is 18.2 Å². The van der Waals surface area contributed by atoms with Crippen LogP contribution in [0.4, 0.5) is 11.4 Å². The molecular formula is C27H34N4O3S. The Morgan fingerprint density at radius 1 is 1.06 bits per heavy atom. The predicted molar refractivity (Wildman–Crippen MR) is 143 cm³/mol. The van der Waals surface area contributed by atoms with Crippen molar-refractivity contribution >= 4 is 40.5 Å². The number of carbonyl (C=O) groups excluding carboxylic acids is 2. The molecule has 0 spiro atoms. The monoisotopic (exact) mass is 494 g/mol. The molecule has 2 aliphatic heterocycles. The number of benzene rings is 2. The number of methoxy groups -OCH3 is 1. The average Bonchev–Trinajstić information content (AvgIpc) is 3.08. The minimum Gasteiger partial charge on any atom is -0.497 e. The third-order valence-electron chi connectivity index (χ3n) is 6.90. The first kappa shape index (κ1) is 25.1. The first-order valence-electron chi connectivity index (χ1n) is 12.2. The van der Waals surface area contributed by atoms with Crippen molar-refractivity contribution in [1.82, 2.24) is 9.80 Å². The SMILES string of the molecule is COc1ccc(NC(=O)CC2C(=O)N(c3ccc(C)cc3)C(=S)N2CCN2CCC(C)CC2)cc1. The van der Waals surface area contributed by atoms with Crippen LogP contribution in [0.1, 0.15) is 31.7 Å². The van der Waals surface area contributed by atoms with Crippen molar-refractivity contribution in [2.45, 2.75) is 39.2 Å². The van der Waals surface area contributed by atoms with Crippen LogP contribution in [0.5, 0.6) is 5.75 Å². The van der Waals surface area contributed by atoms with Crippen molar-refractivity contribution in [3.8, 4) is 5.75 Å². The van der Waals surface area contributed by atoms with Gasteiger partial charge in [-0.15, -0.1) is 0 Å². The van der Waals surface area contributed by atoms with E-state index in [9.17, 15) is 9.59 Å². The Balaban J connectivity index is 1.49. The van der Waals surface area contributed by atoms with Gasteiger partial charge in [-0.3, -0.25) is 14.5 Å². The highest BCUT2D eigenvalue weighted by Crippen LogP contribution is 2.28. The molecule has 2 saturated heterocycles. The molecule has 0 bridgehead atoms. The summed E-state index contributed by atoms with van der Waals surface area (Å²) in [7, 11) is 1.60. The number of likely N-dealkylation sites (tertiary alicyclic amines) is 1. The van der Waals surface area contributed by atoms with E-state index in [1.54, 1.807) is 36.3 Å². The van der Waals surface area contributed by atoms with Crippen molar-refractivity contribution in [2.24, 2.45) is 5.92 Å². The van der Waals surface area contributed by atoms with E-state index < -0.39 is 6.04 Å². The zero-order valence-corrected chi connectivity index (χ0v) is 21.5. The molecule has 0 radical (unpaired) electrons. The van der Waals surface area contributed by atoms with Crippen LogP contribution in [0.15, 0.2) is 48.5 Å². The van der Waals surface area contributed by atoms with Gasteiger partial charge in [0, 0.05) is 18.8 Å². The Morgan fingerprint density at radius 2 is 1.71 bits per heavy atom. The molecular weight excluding hydrogens is 460 g/mol. The summed E-state index contributed by atoms with van der Waals surface area (Å²) >= 11 is 5.79. The highest BCUT2D eigenvalue weighted by molar-refractivity contribution is 7.80. The summed E-state index contributed by atoms with van der Waals surface area (Å²) in [5.74, 6) is 1.09. The van der Waals surface area contributed by atoms with Crippen LogP contribution in [0, 0.1) is 12.8 Å². The lowest BCUT2D eigenvalue weighted by atomic mass is 9.99. The maximum atomic E-state index is 13.6.